The van der Waals surface area contributed by atoms with E-state index in [1.807, 2.05) is 0 Å². The fraction of sp³-hybridized carbons (Fsp3) is 0.250. The zero-order valence-corrected chi connectivity index (χ0v) is 7.93. The van der Waals surface area contributed by atoms with E-state index < -0.39 is 0 Å². The summed E-state index contributed by atoms with van der Waals surface area (Å²) < 4.78 is 0. The summed E-state index contributed by atoms with van der Waals surface area (Å²) in [6, 6.07) is 8.50. The molecule has 14 heavy (non-hydrogen) atoms. The Labute approximate surface area is 83.3 Å². The number of aromatic amines is 1. The van der Waals surface area contributed by atoms with Gasteiger partial charge in [0.1, 0.15) is 0 Å². The van der Waals surface area contributed by atoms with Crippen molar-refractivity contribution in [2.75, 3.05) is 0 Å². The number of rotatable bonds is 0. The number of hydrogen-bond acceptors (Lipinski definition) is 1. The van der Waals surface area contributed by atoms with Gasteiger partial charge in [0.2, 0.25) is 0 Å². The standard InChI is InChI=1S/C12H12N2/c1-2-6-11-9(4-1)10-5-3-7-13-8-12(10)14-11/h1-2,4,6,13-14H,3,5,8H2. The summed E-state index contributed by atoms with van der Waals surface area (Å²) in [5.41, 5.74) is 4.02. The van der Waals surface area contributed by atoms with Crippen LogP contribution in [0.15, 0.2) is 24.3 Å². The highest BCUT2D eigenvalue weighted by Crippen LogP contribution is 2.25. The molecule has 1 aliphatic rings. The van der Waals surface area contributed by atoms with Crippen molar-refractivity contribution in [3.8, 4) is 0 Å². The second kappa shape index (κ2) is 3.14. The van der Waals surface area contributed by atoms with E-state index in [9.17, 15) is 0 Å². The topological polar surface area (TPSA) is 27.8 Å². The fourth-order valence-electron chi connectivity index (χ4n) is 2.12. The maximum absolute atomic E-state index is 3.45. The molecule has 2 heterocycles. The van der Waals surface area contributed by atoms with Gasteiger partial charge in [0.05, 0.1) is 6.54 Å². The SMILES string of the molecule is [C]1CCc2c([nH]c3ccccc23)CN1. The first-order valence-corrected chi connectivity index (χ1v) is 4.99. The molecule has 2 aromatic rings. The lowest BCUT2D eigenvalue weighted by Crippen LogP contribution is -2.07. The van der Waals surface area contributed by atoms with E-state index in [0.29, 0.717) is 0 Å². The molecule has 2 heteroatoms. The Morgan fingerprint density at radius 2 is 2.14 bits per heavy atom. The number of nitrogens with one attached hydrogen (secondary N) is 2. The molecule has 0 bridgehead atoms. The van der Waals surface area contributed by atoms with Gasteiger partial charge in [-0.1, -0.05) is 18.2 Å². The highest BCUT2D eigenvalue weighted by atomic mass is 14.9. The van der Waals surface area contributed by atoms with E-state index in [1.165, 1.54) is 22.2 Å². The Balaban J connectivity index is 2.24. The number of aryl methyl sites for hydroxylation is 1. The Morgan fingerprint density at radius 1 is 1.21 bits per heavy atom. The van der Waals surface area contributed by atoms with Crippen LogP contribution in [0.4, 0.5) is 0 Å². The van der Waals surface area contributed by atoms with Crippen LogP contribution < -0.4 is 5.32 Å². The summed E-state index contributed by atoms with van der Waals surface area (Å²) in [4.78, 5) is 3.45. The maximum Gasteiger partial charge on any atom is 0.0592 e. The summed E-state index contributed by atoms with van der Waals surface area (Å²) >= 11 is 0. The van der Waals surface area contributed by atoms with E-state index >= 15 is 0 Å². The minimum Gasteiger partial charge on any atom is -0.357 e. The molecule has 0 saturated carbocycles. The normalized spacial score (nSPS) is 16.6. The predicted octanol–water partition coefficient (Wildman–Crippen LogP) is 2.24. The van der Waals surface area contributed by atoms with Crippen molar-refractivity contribution in [2.45, 2.75) is 19.4 Å². The molecule has 0 amide bonds. The first-order valence-electron chi connectivity index (χ1n) is 4.99. The van der Waals surface area contributed by atoms with Gasteiger partial charge in [0.25, 0.3) is 0 Å². The van der Waals surface area contributed by atoms with Gasteiger partial charge < -0.3 is 10.3 Å². The average Bonchev–Trinajstić information content (AvgIpc) is 2.42. The van der Waals surface area contributed by atoms with E-state index in [-0.39, 0.29) is 0 Å². The number of hydrogen-bond donors (Lipinski definition) is 2. The van der Waals surface area contributed by atoms with E-state index in [0.717, 1.165) is 19.4 Å². The van der Waals surface area contributed by atoms with Crippen LogP contribution in [-0.2, 0) is 13.0 Å². The molecule has 2 N–H and O–H groups in total. The van der Waals surface area contributed by atoms with Crippen LogP contribution in [0.3, 0.4) is 0 Å². The molecule has 1 aliphatic heterocycles. The summed E-state index contributed by atoms with van der Waals surface area (Å²) in [5.74, 6) is 0. The van der Waals surface area contributed by atoms with Gasteiger partial charge in [-0.25, -0.2) is 0 Å². The van der Waals surface area contributed by atoms with Gasteiger partial charge in [-0.2, -0.15) is 0 Å². The third-order valence-corrected chi connectivity index (χ3v) is 2.79. The molecular weight excluding hydrogens is 172 g/mol. The van der Waals surface area contributed by atoms with Crippen LogP contribution in [0.2, 0.25) is 0 Å². The van der Waals surface area contributed by atoms with Crippen LogP contribution in [0.5, 0.6) is 0 Å². The lowest BCUT2D eigenvalue weighted by atomic mass is 10.1. The van der Waals surface area contributed by atoms with Crippen LogP contribution in [-0.4, -0.2) is 4.98 Å². The van der Waals surface area contributed by atoms with Gasteiger partial charge in [-0.15, -0.1) is 0 Å². The predicted molar refractivity (Wildman–Crippen MR) is 56.7 cm³/mol. The minimum atomic E-state index is 0.879. The molecule has 70 valence electrons. The Hall–Kier alpha value is -1.28. The largest absolute Gasteiger partial charge is 0.357 e. The Kier molecular flexibility index (Phi) is 1.81. The van der Waals surface area contributed by atoms with Crippen molar-refractivity contribution in [2.24, 2.45) is 0 Å². The molecule has 0 saturated heterocycles. The highest BCUT2D eigenvalue weighted by molar-refractivity contribution is 5.84. The summed E-state index contributed by atoms with van der Waals surface area (Å²) in [7, 11) is 0. The number of fused-ring (bicyclic) bond motifs is 3. The van der Waals surface area contributed by atoms with Gasteiger partial charge >= 0.3 is 0 Å². The van der Waals surface area contributed by atoms with Crippen molar-refractivity contribution < 1.29 is 0 Å². The van der Waals surface area contributed by atoms with Crippen LogP contribution >= 0.6 is 0 Å². The third-order valence-electron chi connectivity index (χ3n) is 2.79. The second-order valence-corrected chi connectivity index (χ2v) is 3.66. The van der Waals surface area contributed by atoms with Gasteiger partial charge in [0, 0.05) is 23.1 Å². The molecule has 1 aromatic heterocycles. The molecule has 0 spiro atoms. The second-order valence-electron chi connectivity index (χ2n) is 3.66. The quantitative estimate of drug-likeness (QED) is 0.645. The summed E-state index contributed by atoms with van der Waals surface area (Å²) in [5, 5.41) is 4.55. The van der Waals surface area contributed by atoms with Crippen molar-refractivity contribution in [1.82, 2.24) is 10.3 Å². The number of aromatic nitrogens is 1. The van der Waals surface area contributed by atoms with E-state index in [1.54, 1.807) is 0 Å². The van der Waals surface area contributed by atoms with Crippen LogP contribution in [0.1, 0.15) is 17.7 Å². The third kappa shape index (κ3) is 1.15. The first-order chi connectivity index (χ1) is 6.95. The van der Waals surface area contributed by atoms with Gasteiger partial charge in [-0.05, 0) is 24.5 Å². The minimum absolute atomic E-state index is 0.879. The van der Waals surface area contributed by atoms with Crippen LogP contribution in [0.25, 0.3) is 10.9 Å². The van der Waals surface area contributed by atoms with E-state index in [4.69, 9.17) is 0 Å². The Morgan fingerprint density at radius 3 is 3.14 bits per heavy atom. The van der Waals surface area contributed by atoms with E-state index in [2.05, 4.69) is 41.1 Å². The number of para-hydroxylation sites is 1. The van der Waals surface area contributed by atoms with Crippen molar-refractivity contribution >= 4 is 10.9 Å². The Bertz CT molecular complexity index is 456. The number of benzene rings is 1. The zero-order valence-electron chi connectivity index (χ0n) is 7.93. The molecule has 2 radical (unpaired) electrons. The number of H-pyrrole nitrogens is 1. The van der Waals surface area contributed by atoms with Gasteiger partial charge in [0.15, 0.2) is 0 Å². The smallest absolute Gasteiger partial charge is 0.0592 e. The first kappa shape index (κ1) is 8.06. The molecule has 0 atom stereocenters. The molecule has 0 unspecified atom stereocenters. The molecule has 1 aromatic carbocycles. The van der Waals surface area contributed by atoms with Crippen molar-refractivity contribution in [3.05, 3.63) is 42.1 Å². The lowest BCUT2D eigenvalue weighted by molar-refractivity contribution is 0.765. The van der Waals surface area contributed by atoms with Gasteiger partial charge in [-0.3, -0.25) is 0 Å². The highest BCUT2D eigenvalue weighted by Gasteiger charge is 2.12. The maximum atomic E-state index is 3.45. The van der Waals surface area contributed by atoms with Crippen molar-refractivity contribution in [3.63, 3.8) is 0 Å². The monoisotopic (exact) mass is 184 g/mol. The summed E-state index contributed by atoms with van der Waals surface area (Å²) in [6.45, 7) is 4.05. The average molecular weight is 184 g/mol. The lowest BCUT2D eigenvalue weighted by Gasteiger charge is -1.96. The molecule has 3 rings (SSSR count). The zero-order chi connectivity index (χ0) is 9.38. The molecular formula is C12H12N2. The molecule has 2 nitrogen and oxygen atoms in total. The fourth-order valence-corrected chi connectivity index (χ4v) is 2.12. The van der Waals surface area contributed by atoms with Crippen LogP contribution in [0, 0.1) is 6.54 Å². The molecule has 0 fully saturated rings. The molecule has 0 aliphatic carbocycles. The van der Waals surface area contributed by atoms with Crippen molar-refractivity contribution in [1.29, 1.82) is 0 Å². The summed E-state index contributed by atoms with van der Waals surface area (Å²) in [6.07, 6.45) is 2.08.